The molecule has 0 saturated carbocycles. The summed E-state index contributed by atoms with van der Waals surface area (Å²) >= 11 is 0. The molecular weight excluding hydrogens is 162 g/mol. The summed E-state index contributed by atoms with van der Waals surface area (Å²) in [7, 11) is 0. The third kappa shape index (κ3) is 2.66. The third-order valence-electron chi connectivity index (χ3n) is 2.85. The second-order valence-corrected chi connectivity index (χ2v) is 4.09. The highest BCUT2D eigenvalue weighted by molar-refractivity contribution is 5.85. The number of ketones is 1. The minimum Gasteiger partial charge on any atom is -0.316 e. The standard InChI is InChI=1S/C11H19NO/c1-3-4-5-6-10(13)11(2)7-8-12-9-11/h3,12H,1,4-9H2,2H3. The zero-order valence-corrected chi connectivity index (χ0v) is 8.44. The van der Waals surface area contributed by atoms with Crippen molar-refractivity contribution in [1.29, 1.82) is 0 Å². The van der Waals surface area contributed by atoms with Crippen LogP contribution in [0.4, 0.5) is 0 Å². The molecule has 1 heterocycles. The van der Waals surface area contributed by atoms with Gasteiger partial charge in [0.05, 0.1) is 0 Å². The van der Waals surface area contributed by atoms with Gasteiger partial charge in [0.2, 0.25) is 0 Å². The number of carbonyl (C=O) groups excluding carboxylic acids is 1. The molecule has 0 amide bonds. The van der Waals surface area contributed by atoms with Gasteiger partial charge < -0.3 is 5.32 Å². The van der Waals surface area contributed by atoms with Crippen molar-refractivity contribution in [2.24, 2.45) is 5.41 Å². The van der Waals surface area contributed by atoms with Crippen LogP contribution in [0.15, 0.2) is 12.7 Å². The summed E-state index contributed by atoms with van der Waals surface area (Å²) < 4.78 is 0. The molecule has 74 valence electrons. The number of rotatable bonds is 5. The lowest BCUT2D eigenvalue weighted by Gasteiger charge is -2.20. The molecule has 1 aliphatic rings. The highest BCUT2D eigenvalue weighted by Gasteiger charge is 2.34. The second-order valence-electron chi connectivity index (χ2n) is 4.09. The van der Waals surface area contributed by atoms with Crippen LogP contribution < -0.4 is 5.32 Å². The number of unbranched alkanes of at least 4 members (excludes halogenated alkanes) is 1. The molecule has 0 spiro atoms. The van der Waals surface area contributed by atoms with E-state index in [-0.39, 0.29) is 5.41 Å². The summed E-state index contributed by atoms with van der Waals surface area (Å²) in [6, 6.07) is 0. The molecule has 0 aromatic heterocycles. The quantitative estimate of drug-likeness (QED) is 0.518. The maximum Gasteiger partial charge on any atom is 0.140 e. The Morgan fingerprint density at radius 3 is 3.00 bits per heavy atom. The molecule has 1 aliphatic heterocycles. The van der Waals surface area contributed by atoms with Gasteiger partial charge in [-0.25, -0.2) is 0 Å². The monoisotopic (exact) mass is 181 g/mol. The zero-order valence-electron chi connectivity index (χ0n) is 8.44. The lowest BCUT2D eigenvalue weighted by atomic mass is 9.83. The van der Waals surface area contributed by atoms with Crippen molar-refractivity contribution >= 4 is 5.78 Å². The van der Waals surface area contributed by atoms with Gasteiger partial charge in [-0.1, -0.05) is 13.0 Å². The number of Topliss-reactive ketones (excluding diaryl/α,β-unsaturated/α-hetero) is 1. The molecule has 0 aromatic rings. The van der Waals surface area contributed by atoms with E-state index in [4.69, 9.17) is 0 Å². The molecule has 1 atom stereocenters. The van der Waals surface area contributed by atoms with Gasteiger partial charge in [0.1, 0.15) is 5.78 Å². The fraction of sp³-hybridized carbons (Fsp3) is 0.727. The molecule has 1 unspecified atom stereocenters. The predicted octanol–water partition coefficient (Wildman–Crippen LogP) is 1.91. The lowest BCUT2D eigenvalue weighted by molar-refractivity contribution is -0.127. The minimum atomic E-state index is -0.0822. The zero-order chi connectivity index (χ0) is 9.73. The highest BCUT2D eigenvalue weighted by atomic mass is 16.1. The molecule has 0 aromatic carbocycles. The van der Waals surface area contributed by atoms with Gasteiger partial charge in [-0.15, -0.1) is 6.58 Å². The molecule has 1 fully saturated rings. The van der Waals surface area contributed by atoms with Gasteiger partial charge in [0.25, 0.3) is 0 Å². The van der Waals surface area contributed by atoms with Crippen molar-refractivity contribution in [2.45, 2.75) is 32.6 Å². The average Bonchev–Trinajstić information content (AvgIpc) is 2.54. The number of carbonyl (C=O) groups is 1. The summed E-state index contributed by atoms with van der Waals surface area (Å²) in [5, 5.41) is 3.24. The van der Waals surface area contributed by atoms with E-state index in [9.17, 15) is 4.79 Å². The van der Waals surface area contributed by atoms with Crippen molar-refractivity contribution in [3.8, 4) is 0 Å². The van der Waals surface area contributed by atoms with E-state index in [0.29, 0.717) is 12.2 Å². The Morgan fingerprint density at radius 2 is 2.46 bits per heavy atom. The van der Waals surface area contributed by atoms with Crippen LogP contribution in [0.5, 0.6) is 0 Å². The van der Waals surface area contributed by atoms with Gasteiger partial charge in [0.15, 0.2) is 0 Å². The summed E-state index contributed by atoms with van der Waals surface area (Å²) in [5.74, 6) is 0.416. The number of hydrogen-bond donors (Lipinski definition) is 1. The molecule has 13 heavy (non-hydrogen) atoms. The smallest absolute Gasteiger partial charge is 0.140 e. The molecule has 2 nitrogen and oxygen atoms in total. The van der Waals surface area contributed by atoms with Crippen LogP contribution in [0.3, 0.4) is 0 Å². The summed E-state index contributed by atoms with van der Waals surface area (Å²) in [6.45, 7) is 7.57. The van der Waals surface area contributed by atoms with E-state index < -0.39 is 0 Å². The molecule has 0 aliphatic carbocycles. The van der Waals surface area contributed by atoms with Crippen LogP contribution in [-0.4, -0.2) is 18.9 Å². The Morgan fingerprint density at radius 1 is 1.69 bits per heavy atom. The number of hydrogen-bond acceptors (Lipinski definition) is 2. The molecule has 0 bridgehead atoms. The number of nitrogens with one attached hydrogen (secondary N) is 1. The van der Waals surface area contributed by atoms with E-state index >= 15 is 0 Å². The van der Waals surface area contributed by atoms with Crippen LogP contribution in [0.2, 0.25) is 0 Å². The lowest BCUT2D eigenvalue weighted by Crippen LogP contribution is -2.29. The molecule has 0 radical (unpaired) electrons. The first-order chi connectivity index (χ1) is 6.19. The molecule has 1 N–H and O–H groups in total. The van der Waals surface area contributed by atoms with Crippen molar-refractivity contribution in [3.05, 3.63) is 12.7 Å². The Hall–Kier alpha value is -0.630. The third-order valence-corrected chi connectivity index (χ3v) is 2.85. The maximum atomic E-state index is 11.8. The van der Waals surface area contributed by atoms with Crippen LogP contribution >= 0.6 is 0 Å². The first kappa shape index (κ1) is 10.5. The Bertz CT molecular complexity index is 192. The van der Waals surface area contributed by atoms with Crippen LogP contribution in [0, 0.1) is 5.41 Å². The molecule has 1 saturated heterocycles. The summed E-state index contributed by atoms with van der Waals surface area (Å²) in [5.41, 5.74) is -0.0822. The van der Waals surface area contributed by atoms with Crippen LogP contribution in [-0.2, 0) is 4.79 Å². The van der Waals surface area contributed by atoms with Crippen LogP contribution in [0.1, 0.15) is 32.6 Å². The van der Waals surface area contributed by atoms with Crippen molar-refractivity contribution in [2.75, 3.05) is 13.1 Å². The molecule has 1 rings (SSSR count). The Labute approximate surface area is 80.4 Å². The first-order valence-corrected chi connectivity index (χ1v) is 5.04. The van der Waals surface area contributed by atoms with Crippen LogP contribution in [0.25, 0.3) is 0 Å². The molecular formula is C11H19NO. The second kappa shape index (κ2) is 4.56. The molecule has 2 heteroatoms. The van der Waals surface area contributed by atoms with E-state index in [1.54, 1.807) is 0 Å². The minimum absolute atomic E-state index is 0.0822. The normalized spacial score (nSPS) is 27.5. The number of allylic oxidation sites excluding steroid dienone is 1. The van der Waals surface area contributed by atoms with E-state index in [1.807, 2.05) is 6.08 Å². The predicted molar refractivity (Wildman–Crippen MR) is 54.6 cm³/mol. The fourth-order valence-electron chi connectivity index (χ4n) is 1.76. The SMILES string of the molecule is C=CCCCC(=O)C1(C)CCNC1. The van der Waals surface area contributed by atoms with E-state index in [2.05, 4.69) is 18.8 Å². The van der Waals surface area contributed by atoms with Gasteiger partial charge >= 0.3 is 0 Å². The highest BCUT2D eigenvalue weighted by Crippen LogP contribution is 2.27. The van der Waals surface area contributed by atoms with Gasteiger partial charge in [0, 0.05) is 18.4 Å². The topological polar surface area (TPSA) is 29.1 Å². The van der Waals surface area contributed by atoms with E-state index in [0.717, 1.165) is 32.4 Å². The van der Waals surface area contributed by atoms with Gasteiger partial charge in [-0.3, -0.25) is 4.79 Å². The Balaban J connectivity index is 2.33. The fourth-order valence-corrected chi connectivity index (χ4v) is 1.76. The van der Waals surface area contributed by atoms with Gasteiger partial charge in [-0.2, -0.15) is 0 Å². The summed E-state index contributed by atoms with van der Waals surface area (Å²) in [4.78, 5) is 11.8. The van der Waals surface area contributed by atoms with Crippen molar-refractivity contribution in [3.63, 3.8) is 0 Å². The van der Waals surface area contributed by atoms with E-state index in [1.165, 1.54) is 0 Å². The first-order valence-electron chi connectivity index (χ1n) is 5.04. The van der Waals surface area contributed by atoms with Crippen molar-refractivity contribution in [1.82, 2.24) is 5.32 Å². The Kier molecular flexibility index (Phi) is 3.67. The van der Waals surface area contributed by atoms with Crippen molar-refractivity contribution < 1.29 is 4.79 Å². The van der Waals surface area contributed by atoms with Gasteiger partial charge in [-0.05, 0) is 25.8 Å². The average molecular weight is 181 g/mol. The maximum absolute atomic E-state index is 11.8. The summed E-state index contributed by atoms with van der Waals surface area (Å²) in [6.07, 6.45) is 5.50. The largest absolute Gasteiger partial charge is 0.316 e.